The maximum atomic E-state index is 12.6. The van der Waals surface area contributed by atoms with Gasteiger partial charge in [-0.25, -0.2) is 0 Å². The fourth-order valence-electron chi connectivity index (χ4n) is 2.80. The molecule has 1 atom stereocenters. The largest absolute Gasteiger partial charge is 0.325 e. The van der Waals surface area contributed by atoms with Gasteiger partial charge in [0, 0.05) is 23.1 Å². The van der Waals surface area contributed by atoms with Gasteiger partial charge in [-0.2, -0.15) is 0 Å². The molecule has 0 radical (unpaired) electrons. The van der Waals surface area contributed by atoms with Gasteiger partial charge in [-0.05, 0) is 52.7 Å². The van der Waals surface area contributed by atoms with Crippen LogP contribution in [0.2, 0.25) is 10.0 Å². The molecule has 1 saturated heterocycles. The molecule has 25 heavy (non-hydrogen) atoms. The first-order chi connectivity index (χ1) is 11.9. The highest BCUT2D eigenvalue weighted by Crippen LogP contribution is 2.33. The predicted octanol–water partition coefficient (Wildman–Crippen LogP) is 5.06. The lowest BCUT2D eigenvalue weighted by atomic mass is 10.1. The van der Waals surface area contributed by atoms with Gasteiger partial charge in [0.15, 0.2) is 0 Å². The highest BCUT2D eigenvalue weighted by Gasteiger charge is 2.36. The van der Waals surface area contributed by atoms with Crippen molar-refractivity contribution in [2.45, 2.75) is 13.3 Å². The summed E-state index contributed by atoms with van der Waals surface area (Å²) in [6.45, 7) is 2.18. The third-order valence-corrected chi connectivity index (χ3v) is 5.68. The van der Waals surface area contributed by atoms with E-state index >= 15 is 0 Å². The minimum Gasteiger partial charge on any atom is -0.325 e. The molecule has 3 rings (SSSR count). The highest BCUT2D eigenvalue weighted by atomic mass is 79.9. The van der Waals surface area contributed by atoms with Crippen LogP contribution in [0.15, 0.2) is 40.9 Å². The first-order valence-electron chi connectivity index (χ1n) is 7.68. The van der Waals surface area contributed by atoms with Crippen molar-refractivity contribution in [3.8, 4) is 0 Å². The Balaban J connectivity index is 1.75. The van der Waals surface area contributed by atoms with Crippen molar-refractivity contribution in [3.05, 3.63) is 56.5 Å². The summed E-state index contributed by atoms with van der Waals surface area (Å²) in [5.74, 6) is -0.756. The average Bonchev–Trinajstić information content (AvgIpc) is 2.95. The molecule has 0 unspecified atom stereocenters. The quantitative estimate of drug-likeness (QED) is 0.723. The normalized spacial score (nSPS) is 17.0. The van der Waals surface area contributed by atoms with E-state index in [-0.39, 0.29) is 18.2 Å². The van der Waals surface area contributed by atoms with Gasteiger partial charge >= 0.3 is 0 Å². The number of benzene rings is 2. The Morgan fingerprint density at radius 1 is 1.24 bits per heavy atom. The van der Waals surface area contributed by atoms with Crippen LogP contribution in [0.1, 0.15) is 12.0 Å². The van der Waals surface area contributed by atoms with Crippen LogP contribution in [0.25, 0.3) is 0 Å². The zero-order chi connectivity index (χ0) is 18.1. The fourth-order valence-corrected chi connectivity index (χ4v) is 3.66. The van der Waals surface area contributed by atoms with E-state index in [1.165, 1.54) is 0 Å². The summed E-state index contributed by atoms with van der Waals surface area (Å²) in [6, 6.07) is 10.7. The Morgan fingerprint density at radius 3 is 2.68 bits per heavy atom. The van der Waals surface area contributed by atoms with Gasteiger partial charge in [-0.15, -0.1) is 0 Å². The first-order valence-corrected chi connectivity index (χ1v) is 9.23. The van der Waals surface area contributed by atoms with Gasteiger partial charge in [0.2, 0.25) is 11.8 Å². The third kappa shape index (κ3) is 3.84. The van der Waals surface area contributed by atoms with Crippen molar-refractivity contribution in [1.29, 1.82) is 0 Å². The second-order valence-electron chi connectivity index (χ2n) is 5.93. The molecule has 1 aliphatic rings. The van der Waals surface area contributed by atoms with Gasteiger partial charge in [0.05, 0.1) is 21.7 Å². The van der Waals surface area contributed by atoms with Crippen LogP contribution in [0.5, 0.6) is 0 Å². The number of nitrogens with one attached hydrogen (secondary N) is 1. The van der Waals surface area contributed by atoms with E-state index in [0.717, 1.165) is 10.0 Å². The van der Waals surface area contributed by atoms with Gasteiger partial charge in [0.1, 0.15) is 0 Å². The Bertz CT molecular complexity index is 857. The molecule has 0 aliphatic carbocycles. The SMILES string of the molecule is Cc1cc(Br)c(Cl)cc1NC(=O)[C@H]1CC(=O)N(c2ccccc2Cl)C1. The third-order valence-electron chi connectivity index (χ3n) is 4.16. The van der Waals surface area contributed by atoms with Crippen LogP contribution in [0.4, 0.5) is 11.4 Å². The van der Waals surface area contributed by atoms with Crippen molar-refractivity contribution in [2.24, 2.45) is 5.92 Å². The maximum absolute atomic E-state index is 12.6. The zero-order valence-corrected chi connectivity index (χ0v) is 16.5. The second kappa shape index (κ2) is 7.36. The Morgan fingerprint density at radius 2 is 1.96 bits per heavy atom. The molecule has 1 N–H and O–H groups in total. The molecule has 0 bridgehead atoms. The Hall–Kier alpha value is -1.56. The summed E-state index contributed by atoms with van der Waals surface area (Å²) in [5.41, 5.74) is 2.16. The number of hydrogen-bond donors (Lipinski definition) is 1. The summed E-state index contributed by atoms with van der Waals surface area (Å²) in [7, 11) is 0. The fraction of sp³-hybridized carbons (Fsp3) is 0.222. The number of nitrogens with zero attached hydrogens (tertiary/aromatic N) is 1. The van der Waals surface area contributed by atoms with E-state index in [2.05, 4.69) is 21.2 Å². The van der Waals surface area contributed by atoms with Crippen LogP contribution in [-0.2, 0) is 9.59 Å². The topological polar surface area (TPSA) is 49.4 Å². The molecule has 1 heterocycles. The second-order valence-corrected chi connectivity index (χ2v) is 7.60. The lowest BCUT2D eigenvalue weighted by Gasteiger charge is -2.18. The Labute approximate surface area is 164 Å². The van der Waals surface area contributed by atoms with E-state index < -0.39 is 5.92 Å². The molecule has 2 amide bonds. The minimum absolute atomic E-state index is 0.112. The number of carbonyl (C=O) groups excluding carboxylic acids is 2. The van der Waals surface area contributed by atoms with Crippen molar-refractivity contribution in [2.75, 3.05) is 16.8 Å². The molecule has 1 aliphatic heterocycles. The van der Waals surface area contributed by atoms with Crippen molar-refractivity contribution in [1.82, 2.24) is 0 Å². The lowest BCUT2D eigenvalue weighted by molar-refractivity contribution is -0.122. The molecule has 130 valence electrons. The summed E-state index contributed by atoms with van der Waals surface area (Å²) < 4.78 is 0.769. The van der Waals surface area contributed by atoms with E-state index in [0.29, 0.717) is 28.0 Å². The zero-order valence-electron chi connectivity index (χ0n) is 13.4. The monoisotopic (exact) mass is 440 g/mol. The summed E-state index contributed by atoms with van der Waals surface area (Å²) >= 11 is 15.6. The summed E-state index contributed by atoms with van der Waals surface area (Å²) in [4.78, 5) is 26.5. The smallest absolute Gasteiger partial charge is 0.229 e. The van der Waals surface area contributed by atoms with Gasteiger partial charge in [-0.3, -0.25) is 9.59 Å². The van der Waals surface area contributed by atoms with E-state index in [1.807, 2.05) is 19.1 Å². The maximum Gasteiger partial charge on any atom is 0.229 e. The van der Waals surface area contributed by atoms with Crippen LogP contribution < -0.4 is 10.2 Å². The summed E-state index contributed by atoms with van der Waals surface area (Å²) in [5, 5.41) is 3.88. The standard InChI is InChI=1S/C18H15BrCl2N2O2/c1-10-6-12(19)14(21)8-15(10)22-18(25)11-7-17(24)23(9-11)16-5-3-2-4-13(16)20/h2-6,8,11H,7,9H2,1H3,(H,22,25)/t11-/m0/s1. The van der Waals surface area contributed by atoms with Crippen molar-refractivity contribution < 1.29 is 9.59 Å². The van der Waals surface area contributed by atoms with Gasteiger partial charge < -0.3 is 10.2 Å². The molecule has 7 heteroatoms. The van der Waals surface area contributed by atoms with Gasteiger partial charge in [-0.1, -0.05) is 35.3 Å². The molecule has 4 nitrogen and oxygen atoms in total. The van der Waals surface area contributed by atoms with E-state index in [1.54, 1.807) is 29.2 Å². The molecule has 0 saturated carbocycles. The molecular weight excluding hydrogens is 427 g/mol. The molecule has 0 aromatic heterocycles. The summed E-state index contributed by atoms with van der Waals surface area (Å²) in [6.07, 6.45) is 0.153. The number of carbonyl (C=O) groups is 2. The molecular formula is C18H15BrCl2N2O2. The minimum atomic E-state index is -0.439. The molecule has 0 spiro atoms. The van der Waals surface area contributed by atoms with Crippen LogP contribution >= 0.6 is 39.1 Å². The average molecular weight is 442 g/mol. The number of rotatable bonds is 3. The number of hydrogen-bond acceptors (Lipinski definition) is 2. The van der Waals surface area contributed by atoms with Crippen LogP contribution in [0.3, 0.4) is 0 Å². The Kier molecular flexibility index (Phi) is 5.37. The van der Waals surface area contributed by atoms with Gasteiger partial charge in [0.25, 0.3) is 0 Å². The number of anilines is 2. The van der Waals surface area contributed by atoms with Crippen LogP contribution in [0, 0.1) is 12.8 Å². The number of amides is 2. The molecule has 1 fully saturated rings. The number of halogens is 3. The molecule has 2 aromatic rings. The number of para-hydroxylation sites is 1. The first kappa shape index (κ1) is 18.2. The van der Waals surface area contributed by atoms with E-state index in [4.69, 9.17) is 23.2 Å². The highest BCUT2D eigenvalue weighted by molar-refractivity contribution is 9.10. The van der Waals surface area contributed by atoms with E-state index in [9.17, 15) is 9.59 Å². The lowest BCUT2D eigenvalue weighted by Crippen LogP contribution is -2.28. The van der Waals surface area contributed by atoms with Crippen molar-refractivity contribution >= 4 is 62.3 Å². The number of aryl methyl sites for hydroxylation is 1. The van der Waals surface area contributed by atoms with Crippen LogP contribution in [-0.4, -0.2) is 18.4 Å². The molecule has 2 aromatic carbocycles. The van der Waals surface area contributed by atoms with Crippen molar-refractivity contribution in [3.63, 3.8) is 0 Å². The predicted molar refractivity (Wildman–Crippen MR) is 104 cm³/mol.